The number of nitrogens with one attached hydrogen (secondary N) is 1. The summed E-state index contributed by atoms with van der Waals surface area (Å²) >= 11 is 0. The number of Topliss-reactive ketones (excluding diaryl/α,β-unsaturated/α-hetero) is 1. The van der Waals surface area contributed by atoms with Crippen LogP contribution >= 0.6 is 0 Å². The Labute approximate surface area is 189 Å². The van der Waals surface area contributed by atoms with Gasteiger partial charge in [-0.05, 0) is 76.3 Å². The molecule has 2 unspecified atom stereocenters. The molecule has 0 bridgehead atoms. The summed E-state index contributed by atoms with van der Waals surface area (Å²) < 4.78 is 10.9. The van der Waals surface area contributed by atoms with Crippen molar-refractivity contribution in [3.63, 3.8) is 0 Å². The smallest absolute Gasteiger partial charge is 0.411 e. The zero-order chi connectivity index (χ0) is 22.8. The normalized spacial score (nSPS) is 20.0. The van der Waals surface area contributed by atoms with Crippen LogP contribution in [-0.2, 0) is 9.53 Å². The molecule has 6 heteroatoms. The van der Waals surface area contributed by atoms with Gasteiger partial charge in [0.2, 0.25) is 0 Å². The van der Waals surface area contributed by atoms with Crippen LogP contribution in [0, 0.1) is 0 Å². The second-order valence-electron chi connectivity index (χ2n) is 8.88. The molecule has 1 saturated carbocycles. The van der Waals surface area contributed by atoms with Crippen LogP contribution in [0.15, 0.2) is 42.5 Å². The molecular formula is C26H32N2O4. The van der Waals surface area contributed by atoms with Crippen LogP contribution in [0.2, 0.25) is 0 Å². The average molecular weight is 437 g/mol. The zero-order valence-electron chi connectivity index (χ0n) is 19.3. The molecule has 2 atom stereocenters. The third-order valence-corrected chi connectivity index (χ3v) is 6.29. The van der Waals surface area contributed by atoms with Crippen molar-refractivity contribution in [2.24, 2.45) is 0 Å². The molecule has 2 aliphatic rings. The highest BCUT2D eigenvalue weighted by Gasteiger charge is 2.46. The first-order valence-electron chi connectivity index (χ1n) is 11.5. The van der Waals surface area contributed by atoms with E-state index in [9.17, 15) is 9.59 Å². The summed E-state index contributed by atoms with van der Waals surface area (Å²) in [5, 5.41) is 2.76. The number of hydrogen-bond acceptors (Lipinski definition) is 5. The fourth-order valence-corrected chi connectivity index (χ4v) is 4.76. The summed E-state index contributed by atoms with van der Waals surface area (Å²) in [5.74, 6) is 0.762. The van der Waals surface area contributed by atoms with Gasteiger partial charge in [-0.2, -0.15) is 0 Å². The molecule has 1 fully saturated rings. The van der Waals surface area contributed by atoms with Gasteiger partial charge >= 0.3 is 6.09 Å². The Kier molecular flexibility index (Phi) is 6.40. The summed E-state index contributed by atoms with van der Waals surface area (Å²) in [7, 11) is 0. The van der Waals surface area contributed by atoms with Gasteiger partial charge in [0.25, 0.3) is 0 Å². The molecule has 0 spiro atoms. The van der Waals surface area contributed by atoms with Crippen LogP contribution in [0.3, 0.4) is 0 Å². The van der Waals surface area contributed by atoms with Gasteiger partial charge in [0.05, 0.1) is 24.7 Å². The number of ether oxygens (including phenoxy) is 2. The Morgan fingerprint density at radius 2 is 1.84 bits per heavy atom. The highest BCUT2D eigenvalue weighted by molar-refractivity contribution is 5.90. The van der Waals surface area contributed by atoms with Gasteiger partial charge in [0, 0.05) is 23.5 Å². The first kappa shape index (κ1) is 22.2. The van der Waals surface area contributed by atoms with Gasteiger partial charge in [-0.15, -0.1) is 0 Å². The van der Waals surface area contributed by atoms with Crippen molar-refractivity contribution in [3.8, 4) is 5.75 Å². The van der Waals surface area contributed by atoms with E-state index in [1.807, 2.05) is 51.1 Å². The molecule has 2 aromatic rings. The number of nitrogens with zero attached hydrogens (tertiary/aromatic N) is 1. The van der Waals surface area contributed by atoms with E-state index in [0.717, 1.165) is 35.4 Å². The Bertz CT molecular complexity index is 982. The lowest BCUT2D eigenvalue weighted by atomic mass is 9.85. The second-order valence-corrected chi connectivity index (χ2v) is 8.88. The van der Waals surface area contributed by atoms with Crippen molar-refractivity contribution in [1.82, 2.24) is 0 Å². The van der Waals surface area contributed by atoms with Crippen LogP contribution in [-0.4, -0.2) is 30.6 Å². The largest absolute Gasteiger partial charge is 0.494 e. The SMILES string of the molecule is CCOc1ccc2c(c1)N(C1CCC1)C(c1ccc(NC(=O)OC(C)C)cc1)C2C(C)=O. The van der Waals surface area contributed by atoms with E-state index in [2.05, 4.69) is 22.3 Å². The lowest BCUT2D eigenvalue weighted by Crippen LogP contribution is -2.42. The van der Waals surface area contributed by atoms with Gasteiger partial charge in [0.15, 0.2) is 0 Å². The maximum Gasteiger partial charge on any atom is 0.411 e. The molecule has 0 saturated heterocycles. The van der Waals surface area contributed by atoms with E-state index in [0.29, 0.717) is 18.3 Å². The Morgan fingerprint density at radius 3 is 2.41 bits per heavy atom. The minimum absolute atomic E-state index is 0.0682. The number of hydrogen-bond donors (Lipinski definition) is 1. The van der Waals surface area contributed by atoms with Crippen molar-refractivity contribution in [2.45, 2.75) is 71.1 Å². The standard InChI is InChI=1S/C26H32N2O4/c1-5-31-21-13-14-22-23(15-21)28(20-7-6-8-20)25(24(22)17(4)29)18-9-11-19(12-10-18)27-26(30)32-16(2)3/h9-16,20,24-25H,5-8H2,1-4H3,(H,27,30). The maximum atomic E-state index is 12.9. The van der Waals surface area contributed by atoms with E-state index in [1.165, 1.54) is 6.42 Å². The van der Waals surface area contributed by atoms with Crippen LogP contribution < -0.4 is 15.0 Å². The van der Waals surface area contributed by atoms with Crippen LogP contribution in [0.25, 0.3) is 0 Å². The van der Waals surface area contributed by atoms with E-state index in [4.69, 9.17) is 9.47 Å². The maximum absolute atomic E-state index is 12.9. The lowest BCUT2D eigenvalue weighted by Gasteiger charge is -2.42. The fourth-order valence-electron chi connectivity index (χ4n) is 4.76. The van der Waals surface area contributed by atoms with Gasteiger partial charge in [-0.25, -0.2) is 4.79 Å². The molecule has 6 nitrogen and oxygen atoms in total. The van der Waals surface area contributed by atoms with Gasteiger partial charge in [0.1, 0.15) is 11.5 Å². The average Bonchev–Trinajstić information content (AvgIpc) is 3.01. The predicted molar refractivity (Wildman–Crippen MR) is 126 cm³/mol. The molecule has 1 N–H and O–H groups in total. The highest BCUT2D eigenvalue weighted by atomic mass is 16.6. The zero-order valence-corrected chi connectivity index (χ0v) is 19.3. The van der Waals surface area contributed by atoms with E-state index >= 15 is 0 Å². The van der Waals surface area contributed by atoms with Crippen molar-refractivity contribution in [1.29, 1.82) is 0 Å². The molecule has 1 aliphatic carbocycles. The Balaban J connectivity index is 1.67. The Morgan fingerprint density at radius 1 is 1.12 bits per heavy atom. The molecule has 1 amide bonds. The monoisotopic (exact) mass is 436 g/mol. The minimum atomic E-state index is -0.470. The van der Waals surface area contributed by atoms with Crippen LogP contribution in [0.4, 0.5) is 16.2 Å². The van der Waals surface area contributed by atoms with Crippen LogP contribution in [0.5, 0.6) is 5.75 Å². The molecule has 4 rings (SSSR count). The summed E-state index contributed by atoms with van der Waals surface area (Å²) in [4.78, 5) is 27.2. The first-order chi connectivity index (χ1) is 15.4. The molecule has 0 aromatic heterocycles. The third-order valence-electron chi connectivity index (χ3n) is 6.29. The van der Waals surface area contributed by atoms with Gasteiger partial charge < -0.3 is 14.4 Å². The summed E-state index contributed by atoms with van der Waals surface area (Å²) in [5.41, 5.74) is 3.91. The number of anilines is 2. The number of rotatable bonds is 7. The van der Waals surface area contributed by atoms with Crippen molar-refractivity contribution >= 4 is 23.3 Å². The molecule has 1 aliphatic heterocycles. The van der Waals surface area contributed by atoms with Crippen molar-refractivity contribution < 1.29 is 19.1 Å². The number of fused-ring (bicyclic) bond motifs is 1. The molecule has 0 radical (unpaired) electrons. The number of benzene rings is 2. The molecule has 1 heterocycles. The minimum Gasteiger partial charge on any atom is -0.494 e. The summed E-state index contributed by atoms with van der Waals surface area (Å²) in [6, 6.07) is 14.2. The van der Waals surface area contributed by atoms with Gasteiger partial charge in [-0.1, -0.05) is 18.2 Å². The molecule has 170 valence electrons. The third kappa shape index (κ3) is 4.31. The number of ketones is 1. The van der Waals surface area contributed by atoms with Crippen molar-refractivity contribution in [3.05, 3.63) is 53.6 Å². The van der Waals surface area contributed by atoms with Crippen LogP contribution in [0.1, 0.15) is 70.0 Å². The quantitative estimate of drug-likeness (QED) is 0.592. The summed E-state index contributed by atoms with van der Waals surface area (Å²) in [6.07, 6.45) is 2.81. The highest BCUT2D eigenvalue weighted by Crippen LogP contribution is 2.53. The second kappa shape index (κ2) is 9.23. The molecular weight excluding hydrogens is 404 g/mol. The van der Waals surface area contributed by atoms with E-state index in [-0.39, 0.29) is 23.8 Å². The van der Waals surface area contributed by atoms with E-state index < -0.39 is 6.09 Å². The number of carbonyl (C=O) groups is 2. The summed E-state index contributed by atoms with van der Waals surface area (Å²) in [6.45, 7) is 7.89. The number of carbonyl (C=O) groups excluding carboxylic acids is 2. The first-order valence-corrected chi connectivity index (χ1v) is 11.5. The number of amides is 1. The molecule has 2 aromatic carbocycles. The predicted octanol–water partition coefficient (Wildman–Crippen LogP) is 5.83. The molecule has 32 heavy (non-hydrogen) atoms. The lowest BCUT2D eigenvalue weighted by molar-refractivity contribution is -0.118. The van der Waals surface area contributed by atoms with E-state index in [1.54, 1.807) is 6.92 Å². The fraction of sp³-hybridized carbons (Fsp3) is 0.462. The van der Waals surface area contributed by atoms with Gasteiger partial charge in [-0.3, -0.25) is 10.1 Å². The Hall–Kier alpha value is -3.02. The van der Waals surface area contributed by atoms with Crippen molar-refractivity contribution in [2.75, 3.05) is 16.8 Å². The topological polar surface area (TPSA) is 67.9 Å².